The molecule has 2 aromatic heterocycles. The number of amides is 1. The van der Waals surface area contributed by atoms with Gasteiger partial charge in [0.25, 0.3) is 0 Å². The Morgan fingerprint density at radius 3 is 2.90 bits per heavy atom. The minimum Gasteiger partial charge on any atom is -0.379 e. The molecule has 3 aromatic rings. The third-order valence-electron chi connectivity index (χ3n) is 4.88. The number of hydrogen-bond acceptors (Lipinski definition) is 5. The van der Waals surface area contributed by atoms with Crippen molar-refractivity contribution in [2.75, 3.05) is 31.6 Å². The Morgan fingerprint density at radius 1 is 1.27 bits per heavy atom. The highest BCUT2D eigenvalue weighted by molar-refractivity contribution is 6.02. The maximum absolute atomic E-state index is 14.5. The van der Waals surface area contributed by atoms with Gasteiger partial charge in [-0.1, -0.05) is 6.07 Å². The molecule has 30 heavy (non-hydrogen) atoms. The Balaban J connectivity index is 1.41. The lowest BCUT2D eigenvalue weighted by molar-refractivity contribution is -0.111. The topological polar surface area (TPSA) is 83.1 Å². The summed E-state index contributed by atoms with van der Waals surface area (Å²) >= 11 is 0. The van der Waals surface area contributed by atoms with E-state index in [4.69, 9.17) is 4.74 Å². The van der Waals surface area contributed by atoms with Gasteiger partial charge in [0.2, 0.25) is 5.91 Å². The number of halogens is 1. The van der Waals surface area contributed by atoms with Crippen LogP contribution in [0.1, 0.15) is 11.1 Å². The number of morpholine rings is 1. The molecule has 1 saturated heterocycles. The molecule has 7 nitrogen and oxygen atoms in total. The van der Waals surface area contributed by atoms with E-state index in [1.54, 1.807) is 36.9 Å². The summed E-state index contributed by atoms with van der Waals surface area (Å²) < 4.78 is 19.8. The molecule has 154 valence electrons. The molecule has 4 rings (SSSR count). The van der Waals surface area contributed by atoms with Crippen LogP contribution in [-0.2, 0) is 16.1 Å². The summed E-state index contributed by atoms with van der Waals surface area (Å²) in [6.45, 7) is 3.72. The molecular formula is C22H22FN5O2. The zero-order valence-corrected chi connectivity index (χ0v) is 16.3. The normalized spacial score (nSPS) is 14.8. The summed E-state index contributed by atoms with van der Waals surface area (Å²) in [4.78, 5) is 18.6. The van der Waals surface area contributed by atoms with Crippen molar-refractivity contribution in [3.63, 3.8) is 0 Å². The SMILES string of the molecule is O=C(C=Cc1cnccc1-c1cn[nH]c1)Nc1ccc(CN2CCOCC2)cc1F. The molecule has 0 atom stereocenters. The minimum atomic E-state index is -0.456. The number of nitrogens with zero attached hydrogens (tertiary/aromatic N) is 3. The molecule has 1 aromatic carbocycles. The Morgan fingerprint density at radius 2 is 2.13 bits per heavy atom. The van der Waals surface area contributed by atoms with Gasteiger partial charge in [-0.25, -0.2) is 4.39 Å². The lowest BCUT2D eigenvalue weighted by atomic mass is 10.0. The van der Waals surface area contributed by atoms with Crippen molar-refractivity contribution >= 4 is 17.7 Å². The highest BCUT2D eigenvalue weighted by Gasteiger charge is 2.12. The van der Waals surface area contributed by atoms with Crippen LogP contribution >= 0.6 is 0 Å². The molecule has 1 aliphatic heterocycles. The minimum absolute atomic E-state index is 0.150. The molecule has 0 radical (unpaired) electrons. The predicted molar refractivity (Wildman–Crippen MR) is 112 cm³/mol. The first-order valence-electron chi connectivity index (χ1n) is 9.70. The van der Waals surface area contributed by atoms with E-state index in [2.05, 4.69) is 25.4 Å². The number of pyridine rings is 1. The molecule has 3 heterocycles. The van der Waals surface area contributed by atoms with Crippen LogP contribution in [0.5, 0.6) is 0 Å². The van der Waals surface area contributed by atoms with Gasteiger partial charge in [0, 0.05) is 55.4 Å². The van der Waals surface area contributed by atoms with E-state index in [0.29, 0.717) is 19.8 Å². The van der Waals surface area contributed by atoms with Crippen LogP contribution in [0, 0.1) is 5.82 Å². The molecular weight excluding hydrogens is 385 g/mol. The summed E-state index contributed by atoms with van der Waals surface area (Å²) in [7, 11) is 0. The fraction of sp³-hybridized carbons (Fsp3) is 0.227. The van der Waals surface area contributed by atoms with Crippen molar-refractivity contribution in [1.29, 1.82) is 0 Å². The van der Waals surface area contributed by atoms with Gasteiger partial charge in [0.15, 0.2) is 0 Å². The van der Waals surface area contributed by atoms with Gasteiger partial charge < -0.3 is 10.1 Å². The average Bonchev–Trinajstić information content (AvgIpc) is 3.30. The average molecular weight is 407 g/mol. The Kier molecular flexibility index (Phi) is 6.26. The van der Waals surface area contributed by atoms with Crippen molar-refractivity contribution in [3.8, 4) is 11.1 Å². The first-order valence-corrected chi connectivity index (χ1v) is 9.70. The van der Waals surface area contributed by atoms with Gasteiger partial charge in [-0.3, -0.25) is 19.8 Å². The van der Waals surface area contributed by atoms with E-state index in [0.717, 1.165) is 35.3 Å². The van der Waals surface area contributed by atoms with Crippen molar-refractivity contribution in [1.82, 2.24) is 20.1 Å². The standard InChI is InChI=1S/C22H22FN5O2/c23-20-11-16(15-28-7-9-30-10-8-28)1-3-21(20)27-22(29)4-2-17-12-24-6-5-19(17)18-13-25-26-14-18/h1-6,11-14H,7-10,15H2,(H,25,26)(H,27,29). The van der Waals surface area contributed by atoms with Gasteiger partial charge in [-0.2, -0.15) is 5.10 Å². The molecule has 0 saturated carbocycles. The number of hydrogen-bond donors (Lipinski definition) is 2. The fourth-order valence-electron chi connectivity index (χ4n) is 3.32. The van der Waals surface area contributed by atoms with Crippen LogP contribution in [0.4, 0.5) is 10.1 Å². The lowest BCUT2D eigenvalue weighted by Crippen LogP contribution is -2.35. The third kappa shape index (κ3) is 4.97. The quantitative estimate of drug-likeness (QED) is 0.614. The Labute approximate surface area is 173 Å². The van der Waals surface area contributed by atoms with Gasteiger partial charge in [0.05, 0.1) is 25.1 Å². The van der Waals surface area contributed by atoms with Crippen molar-refractivity contribution < 1.29 is 13.9 Å². The van der Waals surface area contributed by atoms with Gasteiger partial charge >= 0.3 is 0 Å². The van der Waals surface area contributed by atoms with Crippen LogP contribution in [0.15, 0.2) is 55.1 Å². The number of aromatic nitrogens is 3. The second-order valence-corrected chi connectivity index (χ2v) is 6.98. The highest BCUT2D eigenvalue weighted by atomic mass is 19.1. The summed E-state index contributed by atoms with van der Waals surface area (Å²) in [5.74, 6) is -0.875. The van der Waals surface area contributed by atoms with Crippen LogP contribution in [-0.4, -0.2) is 52.3 Å². The molecule has 8 heteroatoms. The van der Waals surface area contributed by atoms with E-state index in [9.17, 15) is 9.18 Å². The smallest absolute Gasteiger partial charge is 0.248 e. The van der Waals surface area contributed by atoms with Crippen LogP contribution in [0.3, 0.4) is 0 Å². The van der Waals surface area contributed by atoms with Crippen LogP contribution in [0.25, 0.3) is 17.2 Å². The van der Waals surface area contributed by atoms with Crippen LogP contribution < -0.4 is 5.32 Å². The van der Waals surface area contributed by atoms with E-state index >= 15 is 0 Å². The predicted octanol–water partition coefficient (Wildman–Crippen LogP) is 3.09. The van der Waals surface area contributed by atoms with Crippen molar-refractivity contribution in [2.24, 2.45) is 0 Å². The summed E-state index contributed by atoms with van der Waals surface area (Å²) in [5, 5.41) is 9.30. The maximum atomic E-state index is 14.5. The highest BCUT2D eigenvalue weighted by Crippen LogP contribution is 2.23. The number of ether oxygens (including phenoxy) is 1. The number of rotatable bonds is 6. The number of carbonyl (C=O) groups excluding carboxylic acids is 1. The fourth-order valence-corrected chi connectivity index (χ4v) is 3.32. The van der Waals surface area contributed by atoms with E-state index in [1.165, 1.54) is 12.1 Å². The molecule has 1 amide bonds. The Bertz CT molecular complexity index is 1030. The lowest BCUT2D eigenvalue weighted by Gasteiger charge is -2.26. The van der Waals surface area contributed by atoms with Crippen molar-refractivity contribution in [3.05, 3.63) is 72.1 Å². The molecule has 0 spiro atoms. The maximum Gasteiger partial charge on any atom is 0.248 e. The second-order valence-electron chi connectivity index (χ2n) is 6.98. The molecule has 0 unspecified atom stereocenters. The monoisotopic (exact) mass is 407 g/mol. The molecule has 1 fully saturated rings. The first kappa shape index (κ1) is 19.9. The van der Waals surface area contributed by atoms with Gasteiger partial charge in [-0.15, -0.1) is 0 Å². The number of carbonyl (C=O) groups is 1. The number of nitrogens with one attached hydrogen (secondary N) is 2. The largest absolute Gasteiger partial charge is 0.379 e. The van der Waals surface area contributed by atoms with E-state index < -0.39 is 11.7 Å². The molecule has 1 aliphatic rings. The summed E-state index contributed by atoms with van der Waals surface area (Å²) in [5.41, 5.74) is 3.55. The number of benzene rings is 1. The molecule has 0 bridgehead atoms. The van der Waals surface area contributed by atoms with E-state index in [1.807, 2.05) is 12.1 Å². The van der Waals surface area contributed by atoms with Crippen molar-refractivity contribution in [2.45, 2.75) is 6.54 Å². The number of H-pyrrole nitrogens is 1. The second kappa shape index (κ2) is 9.43. The molecule has 2 N–H and O–H groups in total. The van der Waals surface area contributed by atoms with Gasteiger partial charge in [-0.05, 0) is 35.4 Å². The Hall–Kier alpha value is -3.36. The van der Waals surface area contributed by atoms with E-state index in [-0.39, 0.29) is 5.69 Å². The first-order chi connectivity index (χ1) is 14.7. The molecule has 0 aliphatic carbocycles. The van der Waals surface area contributed by atoms with Gasteiger partial charge in [0.1, 0.15) is 5.82 Å². The summed E-state index contributed by atoms with van der Waals surface area (Å²) in [6.07, 6.45) is 9.80. The third-order valence-corrected chi connectivity index (χ3v) is 4.88. The zero-order chi connectivity index (χ0) is 20.8. The van der Waals surface area contributed by atoms with Crippen LogP contribution in [0.2, 0.25) is 0 Å². The zero-order valence-electron chi connectivity index (χ0n) is 16.3. The number of aromatic amines is 1. The summed E-state index contributed by atoms with van der Waals surface area (Å²) in [6, 6.07) is 6.73. The number of anilines is 1.